The van der Waals surface area contributed by atoms with Crippen LogP contribution in [0.5, 0.6) is 0 Å². The van der Waals surface area contributed by atoms with Crippen LogP contribution in [0.1, 0.15) is 26.7 Å². The molecule has 4 heterocycles. The van der Waals surface area contributed by atoms with E-state index in [1.807, 2.05) is 0 Å². The Morgan fingerprint density at radius 1 is 1.00 bits per heavy atom. The Bertz CT molecular complexity index is 240. The molecule has 4 saturated heterocycles. The third-order valence-corrected chi connectivity index (χ3v) is 4.37. The minimum Gasteiger partial charge on any atom is -0.378 e. The lowest BCUT2D eigenvalue weighted by Gasteiger charge is -2.56. The fraction of sp³-hybridized carbons (Fsp3) is 1.00. The molecule has 0 radical (unpaired) electrons. The fourth-order valence-corrected chi connectivity index (χ4v) is 3.39. The molecule has 2 unspecified atom stereocenters. The van der Waals surface area contributed by atoms with E-state index in [4.69, 9.17) is 4.74 Å². The van der Waals surface area contributed by atoms with Crippen molar-refractivity contribution < 1.29 is 4.74 Å². The highest BCUT2D eigenvalue weighted by Gasteiger charge is 2.43. The van der Waals surface area contributed by atoms with Crippen LogP contribution in [0.2, 0.25) is 0 Å². The van der Waals surface area contributed by atoms with Gasteiger partial charge >= 0.3 is 0 Å². The number of hydrogen-bond donors (Lipinski definition) is 0. The predicted octanol–water partition coefficient (Wildman–Crippen LogP) is 0.942. The molecule has 4 aliphatic heterocycles. The van der Waals surface area contributed by atoms with Gasteiger partial charge in [-0.3, -0.25) is 9.80 Å². The second-order valence-corrected chi connectivity index (χ2v) is 5.56. The normalized spacial score (nSPS) is 38.6. The van der Waals surface area contributed by atoms with Crippen molar-refractivity contribution in [3.63, 3.8) is 0 Å². The summed E-state index contributed by atoms with van der Waals surface area (Å²) >= 11 is 0. The Labute approximate surface area is 92.4 Å². The van der Waals surface area contributed by atoms with Crippen LogP contribution in [-0.4, -0.2) is 60.3 Å². The molecule has 2 bridgehead atoms. The largest absolute Gasteiger partial charge is 0.378 e. The molecule has 0 aliphatic carbocycles. The van der Waals surface area contributed by atoms with Crippen LogP contribution in [0.4, 0.5) is 0 Å². The Kier molecular flexibility index (Phi) is 2.49. The van der Waals surface area contributed by atoms with Crippen molar-refractivity contribution in [2.24, 2.45) is 0 Å². The number of rotatable bonds is 2. The molecule has 4 fully saturated rings. The van der Waals surface area contributed by atoms with E-state index in [0.717, 1.165) is 37.4 Å². The van der Waals surface area contributed by atoms with Gasteiger partial charge in [0.25, 0.3) is 0 Å². The average molecular weight is 210 g/mol. The van der Waals surface area contributed by atoms with Crippen molar-refractivity contribution in [3.8, 4) is 0 Å². The predicted molar refractivity (Wildman–Crippen MR) is 60.0 cm³/mol. The number of piperidine rings is 2. The molecule has 0 N–H and O–H groups in total. The zero-order valence-corrected chi connectivity index (χ0v) is 9.85. The topological polar surface area (TPSA) is 15.7 Å². The average Bonchev–Trinajstić information content (AvgIpc) is 2.15. The van der Waals surface area contributed by atoms with Gasteiger partial charge in [-0.15, -0.1) is 0 Å². The molecule has 3 nitrogen and oxygen atoms in total. The van der Waals surface area contributed by atoms with Crippen LogP contribution in [0.25, 0.3) is 0 Å². The van der Waals surface area contributed by atoms with E-state index in [2.05, 4.69) is 23.6 Å². The summed E-state index contributed by atoms with van der Waals surface area (Å²) in [7, 11) is 0. The Morgan fingerprint density at radius 3 is 2.20 bits per heavy atom. The van der Waals surface area contributed by atoms with E-state index in [0.29, 0.717) is 0 Å². The lowest BCUT2D eigenvalue weighted by molar-refractivity contribution is -0.130. The molecule has 0 aromatic carbocycles. The first-order valence-corrected chi connectivity index (χ1v) is 6.35. The Hall–Kier alpha value is -0.120. The van der Waals surface area contributed by atoms with Gasteiger partial charge in [0, 0.05) is 31.2 Å². The second-order valence-electron chi connectivity index (χ2n) is 5.56. The zero-order chi connectivity index (χ0) is 10.4. The fourth-order valence-electron chi connectivity index (χ4n) is 3.39. The molecule has 0 saturated carbocycles. The molecule has 0 aromatic heterocycles. The monoisotopic (exact) mass is 210 g/mol. The van der Waals surface area contributed by atoms with Gasteiger partial charge in [-0.1, -0.05) is 0 Å². The molecule has 0 aromatic rings. The summed E-state index contributed by atoms with van der Waals surface area (Å²) in [6, 6.07) is 3.09. The highest BCUT2D eigenvalue weighted by atomic mass is 16.5. The third-order valence-electron chi connectivity index (χ3n) is 4.37. The van der Waals surface area contributed by atoms with E-state index >= 15 is 0 Å². The van der Waals surface area contributed by atoms with Gasteiger partial charge in [0.15, 0.2) is 0 Å². The molecule has 4 rings (SSSR count). The smallest absolute Gasteiger partial charge is 0.0645 e. The number of nitrogens with zero attached hydrogens (tertiary/aromatic N) is 2. The van der Waals surface area contributed by atoms with Crippen molar-refractivity contribution in [2.45, 2.75) is 50.9 Å². The van der Waals surface area contributed by atoms with Gasteiger partial charge in [0.05, 0.1) is 19.3 Å². The van der Waals surface area contributed by atoms with Gasteiger partial charge in [-0.05, 0) is 26.7 Å². The van der Waals surface area contributed by atoms with Gasteiger partial charge in [-0.25, -0.2) is 0 Å². The van der Waals surface area contributed by atoms with Gasteiger partial charge in [0.2, 0.25) is 0 Å². The third kappa shape index (κ3) is 1.61. The summed E-state index contributed by atoms with van der Waals surface area (Å²) in [6.07, 6.45) is 2.82. The van der Waals surface area contributed by atoms with Crippen LogP contribution in [0.15, 0.2) is 0 Å². The molecule has 86 valence electrons. The van der Waals surface area contributed by atoms with Crippen LogP contribution in [0, 0.1) is 0 Å². The molecule has 4 aliphatic rings. The first-order chi connectivity index (χ1) is 7.25. The van der Waals surface area contributed by atoms with E-state index in [1.165, 1.54) is 25.9 Å². The quantitative estimate of drug-likeness (QED) is 0.674. The molecule has 0 spiro atoms. The maximum absolute atomic E-state index is 5.31. The van der Waals surface area contributed by atoms with Crippen molar-refractivity contribution in [1.29, 1.82) is 0 Å². The minimum atomic E-state index is 0.720. The standard InChI is InChI=1S/C12H22N2O/c1-9(2)13-5-11-4-3-10(13)6-14(11)12-7-15-8-12/h9-12H,3-8H2,1-2H3. The summed E-state index contributed by atoms with van der Waals surface area (Å²) in [5.41, 5.74) is 0. The first-order valence-electron chi connectivity index (χ1n) is 6.35. The van der Waals surface area contributed by atoms with Crippen LogP contribution in [-0.2, 0) is 4.74 Å². The Morgan fingerprint density at radius 2 is 1.73 bits per heavy atom. The maximum atomic E-state index is 5.31. The highest BCUT2D eigenvalue weighted by Crippen LogP contribution is 2.32. The number of ether oxygens (including phenoxy) is 1. The summed E-state index contributed by atoms with van der Waals surface area (Å²) < 4.78 is 5.31. The van der Waals surface area contributed by atoms with Gasteiger partial charge < -0.3 is 4.74 Å². The van der Waals surface area contributed by atoms with Crippen molar-refractivity contribution in [2.75, 3.05) is 26.3 Å². The van der Waals surface area contributed by atoms with Crippen molar-refractivity contribution in [3.05, 3.63) is 0 Å². The molecular formula is C12H22N2O. The van der Waals surface area contributed by atoms with E-state index < -0.39 is 0 Å². The van der Waals surface area contributed by atoms with Crippen LogP contribution in [0.3, 0.4) is 0 Å². The zero-order valence-electron chi connectivity index (χ0n) is 9.85. The number of hydrogen-bond acceptors (Lipinski definition) is 3. The highest BCUT2D eigenvalue weighted by molar-refractivity contribution is 4.99. The Balaban J connectivity index is 1.69. The molecule has 2 atom stereocenters. The van der Waals surface area contributed by atoms with Crippen LogP contribution >= 0.6 is 0 Å². The number of fused-ring (bicyclic) bond motifs is 3. The molecular weight excluding hydrogens is 188 g/mol. The van der Waals surface area contributed by atoms with Crippen LogP contribution < -0.4 is 0 Å². The SMILES string of the molecule is CC(C)N1CC2CCC1CN2C1COC1. The molecule has 15 heavy (non-hydrogen) atoms. The summed E-state index contributed by atoms with van der Waals surface area (Å²) in [5.74, 6) is 0. The summed E-state index contributed by atoms with van der Waals surface area (Å²) in [5, 5.41) is 0. The lowest BCUT2D eigenvalue weighted by atomic mass is 9.88. The minimum absolute atomic E-state index is 0.720. The maximum Gasteiger partial charge on any atom is 0.0645 e. The lowest BCUT2D eigenvalue weighted by Crippen LogP contribution is -2.68. The van der Waals surface area contributed by atoms with Gasteiger partial charge in [0.1, 0.15) is 0 Å². The van der Waals surface area contributed by atoms with Crippen molar-refractivity contribution >= 4 is 0 Å². The van der Waals surface area contributed by atoms with E-state index in [-0.39, 0.29) is 0 Å². The summed E-state index contributed by atoms with van der Waals surface area (Å²) in [6.45, 7) is 9.19. The first kappa shape index (κ1) is 10.1. The van der Waals surface area contributed by atoms with E-state index in [9.17, 15) is 0 Å². The second kappa shape index (κ2) is 3.72. The van der Waals surface area contributed by atoms with Crippen molar-refractivity contribution in [1.82, 2.24) is 9.80 Å². The van der Waals surface area contributed by atoms with E-state index in [1.54, 1.807) is 0 Å². The number of piperazine rings is 1. The van der Waals surface area contributed by atoms with Gasteiger partial charge in [-0.2, -0.15) is 0 Å². The molecule has 3 heteroatoms. The molecule has 0 amide bonds. The summed E-state index contributed by atoms with van der Waals surface area (Å²) in [4.78, 5) is 5.42.